The van der Waals surface area contributed by atoms with Gasteiger partial charge in [-0.1, -0.05) is 0 Å². The summed E-state index contributed by atoms with van der Waals surface area (Å²) in [5, 5.41) is 2.82. The maximum absolute atomic E-state index is 12.9. The number of rotatable bonds is 3. The van der Waals surface area contributed by atoms with Crippen LogP contribution in [0.2, 0.25) is 0 Å². The molecule has 2 unspecified atom stereocenters. The maximum atomic E-state index is 12.9. The highest BCUT2D eigenvalue weighted by atomic mass is 127. The zero-order valence-electron chi connectivity index (χ0n) is 12.2. The van der Waals surface area contributed by atoms with Gasteiger partial charge in [0.1, 0.15) is 0 Å². The predicted molar refractivity (Wildman–Crippen MR) is 90.6 cm³/mol. The van der Waals surface area contributed by atoms with E-state index in [0.717, 1.165) is 23.9 Å². The first kappa shape index (κ1) is 18.8. The molecule has 23 heavy (non-hydrogen) atoms. The molecule has 1 aliphatic rings. The molecule has 1 amide bonds. The molecular formula is C14H16F3IN2O2S. The van der Waals surface area contributed by atoms with E-state index in [4.69, 9.17) is 10.5 Å². The minimum atomic E-state index is -4.44. The van der Waals surface area contributed by atoms with Gasteiger partial charge in [-0.15, -0.1) is 11.8 Å². The van der Waals surface area contributed by atoms with Gasteiger partial charge in [0, 0.05) is 27.2 Å². The standard InChI is InChI=1S/C14H16F3IN2O2S/c1-23-11-5-7(14(15,16)17)4-8(18)12(11)13(21)20-10-2-3-22-6-9(10)19/h4-5,9-10H,2-3,6,19H2,1H3,(H,20,21). The fourth-order valence-corrected chi connectivity index (χ4v) is 4.01. The Balaban J connectivity index is 2.29. The van der Waals surface area contributed by atoms with Gasteiger partial charge in [-0.3, -0.25) is 4.79 Å². The molecule has 0 saturated carbocycles. The molecule has 1 aliphatic heterocycles. The van der Waals surface area contributed by atoms with Gasteiger partial charge in [0.2, 0.25) is 0 Å². The Kier molecular flexibility index (Phi) is 6.20. The summed E-state index contributed by atoms with van der Waals surface area (Å²) in [7, 11) is 0. The lowest BCUT2D eigenvalue weighted by atomic mass is 10.0. The number of nitrogens with one attached hydrogen (secondary N) is 1. The number of nitrogens with two attached hydrogens (primary N) is 1. The fourth-order valence-electron chi connectivity index (χ4n) is 2.31. The molecule has 1 aromatic rings. The summed E-state index contributed by atoms with van der Waals surface area (Å²) in [4.78, 5) is 12.8. The number of carbonyl (C=O) groups is 1. The van der Waals surface area contributed by atoms with Gasteiger partial charge in [-0.2, -0.15) is 13.2 Å². The summed E-state index contributed by atoms with van der Waals surface area (Å²) in [5.41, 5.74) is 5.40. The van der Waals surface area contributed by atoms with Crippen molar-refractivity contribution in [3.05, 3.63) is 26.8 Å². The second kappa shape index (κ2) is 7.58. The van der Waals surface area contributed by atoms with Gasteiger partial charge in [-0.25, -0.2) is 0 Å². The number of halogens is 4. The molecule has 0 bridgehead atoms. The molecule has 1 saturated heterocycles. The van der Waals surface area contributed by atoms with E-state index in [1.54, 1.807) is 28.8 Å². The molecular weight excluding hydrogens is 444 g/mol. The summed E-state index contributed by atoms with van der Waals surface area (Å²) < 4.78 is 44.2. The average Bonchev–Trinajstić information content (AvgIpc) is 2.47. The molecule has 0 aromatic heterocycles. The smallest absolute Gasteiger partial charge is 0.380 e. The summed E-state index contributed by atoms with van der Waals surface area (Å²) in [6.45, 7) is 0.850. The Bertz CT molecular complexity index is 598. The van der Waals surface area contributed by atoms with Gasteiger partial charge in [-0.05, 0) is 47.4 Å². The predicted octanol–water partition coefficient (Wildman–Crippen LogP) is 2.88. The van der Waals surface area contributed by atoms with Crippen LogP contribution in [-0.2, 0) is 10.9 Å². The Hall–Kier alpha value is -0.520. The van der Waals surface area contributed by atoms with Crippen molar-refractivity contribution in [1.29, 1.82) is 0 Å². The number of alkyl halides is 3. The molecule has 1 heterocycles. The SMILES string of the molecule is CSc1cc(C(F)(F)F)cc(I)c1C(=O)NC1CCOCC1N. The number of hydrogen-bond acceptors (Lipinski definition) is 4. The van der Waals surface area contributed by atoms with E-state index >= 15 is 0 Å². The molecule has 128 valence electrons. The van der Waals surface area contributed by atoms with E-state index in [0.29, 0.717) is 24.5 Å². The van der Waals surface area contributed by atoms with E-state index in [-0.39, 0.29) is 21.2 Å². The molecule has 4 nitrogen and oxygen atoms in total. The fraction of sp³-hybridized carbons (Fsp3) is 0.500. The maximum Gasteiger partial charge on any atom is 0.416 e. The van der Waals surface area contributed by atoms with Crippen molar-refractivity contribution in [2.75, 3.05) is 19.5 Å². The van der Waals surface area contributed by atoms with Crippen molar-refractivity contribution in [1.82, 2.24) is 5.32 Å². The second-order valence-corrected chi connectivity index (χ2v) is 7.15. The number of hydrogen-bond donors (Lipinski definition) is 2. The lowest BCUT2D eigenvalue weighted by Crippen LogP contribution is -2.53. The van der Waals surface area contributed by atoms with Crippen LogP contribution >= 0.6 is 34.4 Å². The number of ether oxygens (including phenoxy) is 1. The van der Waals surface area contributed by atoms with Crippen molar-refractivity contribution in [3.63, 3.8) is 0 Å². The van der Waals surface area contributed by atoms with Crippen LogP contribution in [0.3, 0.4) is 0 Å². The van der Waals surface area contributed by atoms with Gasteiger partial charge in [0.05, 0.1) is 17.7 Å². The van der Waals surface area contributed by atoms with Crippen LogP contribution in [0.5, 0.6) is 0 Å². The van der Waals surface area contributed by atoms with Gasteiger partial charge >= 0.3 is 6.18 Å². The molecule has 0 aliphatic carbocycles. The van der Waals surface area contributed by atoms with E-state index in [1.165, 1.54) is 0 Å². The summed E-state index contributed by atoms with van der Waals surface area (Å²) >= 11 is 2.87. The number of carbonyl (C=O) groups excluding carboxylic acids is 1. The van der Waals surface area contributed by atoms with Gasteiger partial charge in [0.25, 0.3) is 5.91 Å². The van der Waals surface area contributed by atoms with E-state index in [1.807, 2.05) is 0 Å². The first-order valence-corrected chi connectivity index (χ1v) is 9.13. The van der Waals surface area contributed by atoms with Crippen LogP contribution < -0.4 is 11.1 Å². The van der Waals surface area contributed by atoms with Crippen molar-refractivity contribution in [2.24, 2.45) is 5.73 Å². The second-order valence-electron chi connectivity index (χ2n) is 5.14. The van der Waals surface area contributed by atoms with Crippen LogP contribution in [-0.4, -0.2) is 37.5 Å². The summed E-state index contributed by atoms with van der Waals surface area (Å²) in [6, 6.07) is 1.42. The highest BCUT2D eigenvalue weighted by Gasteiger charge is 2.33. The van der Waals surface area contributed by atoms with Crippen molar-refractivity contribution >= 4 is 40.3 Å². The molecule has 0 radical (unpaired) electrons. The molecule has 1 fully saturated rings. The zero-order chi connectivity index (χ0) is 17.2. The number of thioether (sulfide) groups is 1. The Morgan fingerprint density at radius 3 is 2.74 bits per heavy atom. The third-order valence-electron chi connectivity index (χ3n) is 3.55. The van der Waals surface area contributed by atoms with Crippen LogP contribution in [0.15, 0.2) is 17.0 Å². The minimum Gasteiger partial charge on any atom is -0.380 e. The first-order chi connectivity index (χ1) is 10.7. The third-order valence-corrected chi connectivity index (χ3v) is 5.16. The largest absolute Gasteiger partial charge is 0.416 e. The van der Waals surface area contributed by atoms with Gasteiger partial charge in [0.15, 0.2) is 0 Å². The monoisotopic (exact) mass is 460 g/mol. The quantitative estimate of drug-likeness (QED) is 0.538. The third kappa shape index (κ3) is 4.52. The van der Waals surface area contributed by atoms with Crippen LogP contribution in [0.25, 0.3) is 0 Å². The van der Waals surface area contributed by atoms with E-state index in [9.17, 15) is 18.0 Å². The normalized spacial score (nSPS) is 22.0. The number of amides is 1. The molecule has 2 atom stereocenters. The zero-order valence-corrected chi connectivity index (χ0v) is 15.2. The molecule has 3 N–H and O–H groups in total. The summed E-state index contributed by atoms with van der Waals surface area (Å²) in [5.74, 6) is -0.408. The highest BCUT2D eigenvalue weighted by molar-refractivity contribution is 14.1. The van der Waals surface area contributed by atoms with Crippen LogP contribution in [0.4, 0.5) is 13.2 Å². The first-order valence-electron chi connectivity index (χ1n) is 6.83. The van der Waals surface area contributed by atoms with E-state index < -0.39 is 17.6 Å². The number of benzene rings is 1. The molecule has 0 spiro atoms. The Labute approximate surface area is 149 Å². The van der Waals surface area contributed by atoms with Crippen molar-refractivity contribution < 1.29 is 22.7 Å². The van der Waals surface area contributed by atoms with Crippen LogP contribution in [0, 0.1) is 3.57 Å². The average molecular weight is 460 g/mol. The van der Waals surface area contributed by atoms with Crippen molar-refractivity contribution in [3.8, 4) is 0 Å². The summed E-state index contributed by atoms with van der Waals surface area (Å²) in [6.07, 6.45) is -2.22. The minimum absolute atomic E-state index is 0.246. The van der Waals surface area contributed by atoms with Gasteiger partial charge < -0.3 is 15.8 Å². The topological polar surface area (TPSA) is 64.3 Å². The Morgan fingerprint density at radius 2 is 2.17 bits per heavy atom. The lowest BCUT2D eigenvalue weighted by Gasteiger charge is -2.29. The van der Waals surface area contributed by atoms with Crippen molar-refractivity contribution in [2.45, 2.75) is 29.6 Å². The highest BCUT2D eigenvalue weighted by Crippen LogP contribution is 2.35. The molecule has 2 rings (SSSR count). The Morgan fingerprint density at radius 1 is 1.48 bits per heavy atom. The molecule has 9 heteroatoms. The lowest BCUT2D eigenvalue weighted by molar-refractivity contribution is -0.137. The molecule has 1 aromatic carbocycles. The van der Waals surface area contributed by atoms with E-state index in [2.05, 4.69) is 5.32 Å². The van der Waals surface area contributed by atoms with Crippen LogP contribution in [0.1, 0.15) is 22.3 Å².